The van der Waals surface area contributed by atoms with Gasteiger partial charge in [-0.25, -0.2) is 4.79 Å². The Morgan fingerprint density at radius 3 is 2.19 bits per heavy atom. The Balaban J connectivity index is 1.68. The predicted molar refractivity (Wildman–Crippen MR) is 102 cm³/mol. The number of aliphatic hydroxyl groups is 3. The molecular formula is C20H22O11. The van der Waals surface area contributed by atoms with Gasteiger partial charge in [0.1, 0.15) is 42.5 Å². The SMILES string of the molecule is Cc1cc(OC2OC(COC(=O)c3cc(O)c(O)c(O)c3)C(O)C(O)C2O)ccc1O. The lowest BCUT2D eigenvalue weighted by Crippen LogP contribution is -2.60. The van der Waals surface area contributed by atoms with Gasteiger partial charge in [-0.05, 0) is 42.8 Å². The topological polar surface area (TPSA) is 186 Å². The average molecular weight is 438 g/mol. The van der Waals surface area contributed by atoms with E-state index >= 15 is 0 Å². The largest absolute Gasteiger partial charge is 0.508 e. The molecule has 2 aromatic rings. The first-order valence-electron chi connectivity index (χ1n) is 9.16. The van der Waals surface area contributed by atoms with E-state index in [9.17, 15) is 40.5 Å². The monoisotopic (exact) mass is 438 g/mol. The second-order valence-corrected chi connectivity index (χ2v) is 7.04. The minimum atomic E-state index is -1.68. The fourth-order valence-electron chi connectivity index (χ4n) is 2.95. The number of aromatic hydroxyl groups is 4. The summed E-state index contributed by atoms with van der Waals surface area (Å²) >= 11 is 0. The summed E-state index contributed by atoms with van der Waals surface area (Å²) in [7, 11) is 0. The summed E-state index contributed by atoms with van der Waals surface area (Å²) in [6, 6.07) is 5.99. The Kier molecular flexibility index (Phi) is 6.41. The van der Waals surface area contributed by atoms with E-state index < -0.39 is 60.5 Å². The zero-order chi connectivity index (χ0) is 22.9. The molecule has 0 aliphatic carbocycles. The Morgan fingerprint density at radius 2 is 1.58 bits per heavy atom. The van der Waals surface area contributed by atoms with Crippen molar-refractivity contribution in [2.24, 2.45) is 0 Å². The molecule has 0 amide bonds. The van der Waals surface area contributed by atoms with Crippen LogP contribution in [0.3, 0.4) is 0 Å². The molecule has 3 rings (SSSR count). The van der Waals surface area contributed by atoms with Crippen molar-refractivity contribution in [3.8, 4) is 28.7 Å². The molecular weight excluding hydrogens is 416 g/mol. The molecule has 1 aliphatic rings. The minimum absolute atomic E-state index is 0.0315. The van der Waals surface area contributed by atoms with E-state index in [2.05, 4.69) is 0 Å². The molecule has 2 aromatic carbocycles. The first-order chi connectivity index (χ1) is 14.6. The fraction of sp³-hybridized carbons (Fsp3) is 0.350. The number of carbonyl (C=O) groups is 1. The quantitative estimate of drug-likeness (QED) is 0.243. The molecule has 5 unspecified atom stereocenters. The smallest absolute Gasteiger partial charge is 0.338 e. The van der Waals surface area contributed by atoms with Gasteiger partial charge in [0, 0.05) is 0 Å². The third kappa shape index (κ3) is 4.75. The zero-order valence-corrected chi connectivity index (χ0v) is 16.2. The molecule has 0 bridgehead atoms. The van der Waals surface area contributed by atoms with E-state index in [0.717, 1.165) is 12.1 Å². The molecule has 0 aromatic heterocycles. The lowest BCUT2D eigenvalue weighted by Gasteiger charge is -2.39. The summed E-state index contributed by atoms with van der Waals surface area (Å²) in [5.41, 5.74) is 0.209. The normalized spacial score (nSPS) is 25.7. The first kappa shape index (κ1) is 22.4. The van der Waals surface area contributed by atoms with Gasteiger partial charge in [-0.15, -0.1) is 0 Å². The lowest BCUT2D eigenvalue weighted by molar-refractivity contribution is -0.277. The molecule has 1 saturated heterocycles. The molecule has 11 nitrogen and oxygen atoms in total. The van der Waals surface area contributed by atoms with E-state index in [-0.39, 0.29) is 17.1 Å². The maximum atomic E-state index is 12.2. The molecule has 0 saturated carbocycles. The van der Waals surface area contributed by atoms with Crippen LogP contribution in [0.25, 0.3) is 0 Å². The van der Waals surface area contributed by atoms with Crippen molar-refractivity contribution in [1.29, 1.82) is 0 Å². The number of hydrogen-bond donors (Lipinski definition) is 7. The molecule has 0 radical (unpaired) electrons. The standard InChI is InChI=1S/C20H22O11/c1-8-4-10(2-3-11(8)21)30-20-18(27)17(26)16(25)14(31-20)7-29-19(28)9-5-12(22)15(24)13(23)6-9/h2-6,14,16-18,20-27H,7H2,1H3. The van der Waals surface area contributed by atoms with Gasteiger partial charge >= 0.3 is 5.97 Å². The number of esters is 1. The molecule has 1 aliphatic heterocycles. The highest BCUT2D eigenvalue weighted by atomic mass is 16.7. The van der Waals surface area contributed by atoms with Crippen molar-refractivity contribution in [3.05, 3.63) is 41.5 Å². The molecule has 0 spiro atoms. The Hall–Kier alpha value is -3.25. The Labute approximate surface area is 175 Å². The number of phenolic OH excluding ortho intramolecular Hbond substituents is 4. The van der Waals surface area contributed by atoms with Crippen molar-refractivity contribution in [2.75, 3.05) is 6.61 Å². The molecule has 7 N–H and O–H groups in total. The predicted octanol–water partition coefficient (Wildman–Crippen LogP) is -0.139. The lowest BCUT2D eigenvalue weighted by atomic mass is 9.99. The number of rotatable bonds is 5. The summed E-state index contributed by atoms with van der Waals surface area (Å²) in [4.78, 5) is 12.2. The number of aryl methyl sites for hydroxylation is 1. The minimum Gasteiger partial charge on any atom is -0.508 e. The highest BCUT2D eigenvalue weighted by Gasteiger charge is 2.45. The third-order valence-electron chi connectivity index (χ3n) is 4.77. The molecule has 31 heavy (non-hydrogen) atoms. The molecule has 168 valence electrons. The average Bonchev–Trinajstić information content (AvgIpc) is 2.73. The number of aliphatic hydroxyl groups excluding tert-OH is 3. The Bertz CT molecular complexity index is 937. The van der Waals surface area contributed by atoms with Crippen molar-refractivity contribution >= 4 is 5.97 Å². The number of hydrogen-bond acceptors (Lipinski definition) is 11. The van der Waals surface area contributed by atoms with Gasteiger partial charge in [-0.3, -0.25) is 0 Å². The summed E-state index contributed by atoms with van der Waals surface area (Å²) in [5, 5.41) is 68.3. The third-order valence-corrected chi connectivity index (χ3v) is 4.77. The van der Waals surface area contributed by atoms with Crippen molar-refractivity contribution < 1.29 is 54.8 Å². The van der Waals surface area contributed by atoms with Gasteiger partial charge in [0.05, 0.1) is 5.56 Å². The van der Waals surface area contributed by atoms with Crippen LogP contribution in [0.1, 0.15) is 15.9 Å². The van der Waals surface area contributed by atoms with Crippen LogP contribution in [-0.2, 0) is 9.47 Å². The van der Waals surface area contributed by atoms with Crippen LogP contribution in [0.2, 0.25) is 0 Å². The van der Waals surface area contributed by atoms with Crippen LogP contribution in [0, 0.1) is 6.92 Å². The first-order valence-corrected chi connectivity index (χ1v) is 9.16. The summed E-state index contributed by atoms with van der Waals surface area (Å²) in [5.74, 6) is -3.05. The number of benzene rings is 2. The van der Waals surface area contributed by atoms with Crippen LogP contribution in [-0.4, -0.2) is 79.0 Å². The van der Waals surface area contributed by atoms with Crippen molar-refractivity contribution in [3.63, 3.8) is 0 Å². The summed E-state index contributed by atoms with van der Waals surface area (Å²) < 4.78 is 15.9. The Morgan fingerprint density at radius 1 is 0.935 bits per heavy atom. The van der Waals surface area contributed by atoms with E-state index in [4.69, 9.17) is 14.2 Å². The molecule has 11 heteroatoms. The van der Waals surface area contributed by atoms with E-state index in [1.165, 1.54) is 18.2 Å². The van der Waals surface area contributed by atoms with Crippen LogP contribution in [0.4, 0.5) is 0 Å². The maximum Gasteiger partial charge on any atom is 0.338 e. The molecule has 1 heterocycles. The summed E-state index contributed by atoms with van der Waals surface area (Å²) in [6.07, 6.45) is -7.63. The molecule has 1 fully saturated rings. The molecule has 5 atom stereocenters. The van der Waals surface area contributed by atoms with Crippen LogP contribution in [0.5, 0.6) is 28.7 Å². The maximum absolute atomic E-state index is 12.2. The fourth-order valence-corrected chi connectivity index (χ4v) is 2.95. The van der Waals surface area contributed by atoms with Crippen molar-refractivity contribution in [2.45, 2.75) is 37.6 Å². The number of carbonyl (C=O) groups excluding carboxylic acids is 1. The number of phenols is 4. The van der Waals surface area contributed by atoms with Gasteiger partial charge in [0.2, 0.25) is 6.29 Å². The van der Waals surface area contributed by atoms with Crippen LogP contribution >= 0.6 is 0 Å². The number of ether oxygens (including phenoxy) is 3. The van der Waals surface area contributed by atoms with Gasteiger partial charge < -0.3 is 50.0 Å². The highest BCUT2D eigenvalue weighted by molar-refractivity contribution is 5.91. The second-order valence-electron chi connectivity index (χ2n) is 7.04. The second kappa shape index (κ2) is 8.86. The van der Waals surface area contributed by atoms with Gasteiger partial charge in [0.15, 0.2) is 17.2 Å². The van der Waals surface area contributed by atoms with Gasteiger partial charge in [0.25, 0.3) is 0 Å². The van der Waals surface area contributed by atoms with Crippen LogP contribution in [0.15, 0.2) is 30.3 Å². The van der Waals surface area contributed by atoms with Gasteiger partial charge in [-0.1, -0.05) is 0 Å². The van der Waals surface area contributed by atoms with E-state index in [1.54, 1.807) is 6.92 Å². The van der Waals surface area contributed by atoms with E-state index in [0.29, 0.717) is 5.56 Å². The zero-order valence-electron chi connectivity index (χ0n) is 16.2. The van der Waals surface area contributed by atoms with Gasteiger partial charge in [-0.2, -0.15) is 0 Å². The summed E-state index contributed by atoms with van der Waals surface area (Å²) in [6.45, 7) is 1.06. The van der Waals surface area contributed by atoms with E-state index in [1.807, 2.05) is 0 Å². The van der Waals surface area contributed by atoms with Crippen molar-refractivity contribution in [1.82, 2.24) is 0 Å². The highest BCUT2D eigenvalue weighted by Crippen LogP contribution is 2.35. The van der Waals surface area contributed by atoms with Crippen LogP contribution < -0.4 is 4.74 Å².